The van der Waals surface area contributed by atoms with E-state index in [0.717, 1.165) is 42.9 Å². The molecule has 0 aliphatic carbocycles. The zero-order valence-electron chi connectivity index (χ0n) is 13.0. The molecule has 2 atom stereocenters. The number of likely N-dealkylation sites (tertiary alicyclic amines) is 1. The Morgan fingerprint density at radius 1 is 1.17 bits per heavy atom. The Hall–Kier alpha value is -1.83. The van der Waals surface area contributed by atoms with E-state index in [1.165, 1.54) is 0 Å². The molecule has 7 heteroatoms. The van der Waals surface area contributed by atoms with Crippen molar-refractivity contribution in [3.8, 4) is 11.5 Å². The van der Waals surface area contributed by atoms with Gasteiger partial charge in [0.25, 0.3) is 0 Å². The molecule has 3 aliphatic heterocycles. The number of nitrogens with zero attached hydrogens (tertiary/aromatic N) is 1. The predicted molar refractivity (Wildman–Crippen MR) is 83.8 cm³/mol. The largest absolute Gasteiger partial charge is 0.490 e. The summed E-state index contributed by atoms with van der Waals surface area (Å²) in [5.41, 5.74) is 9.82. The van der Waals surface area contributed by atoms with Crippen molar-refractivity contribution in [1.29, 1.82) is 0 Å². The number of ether oxygens (including phenoxy) is 2. The highest BCUT2D eigenvalue weighted by atomic mass is 16.5. The smallest absolute Gasteiger partial charge is 0.243 e. The summed E-state index contributed by atoms with van der Waals surface area (Å²) >= 11 is 0. The molecule has 7 nitrogen and oxygen atoms in total. The fraction of sp³-hybridized carbons (Fsp3) is 0.562. The molecule has 2 unspecified atom stereocenters. The second-order valence-corrected chi connectivity index (χ2v) is 6.15. The van der Waals surface area contributed by atoms with Crippen molar-refractivity contribution in [2.45, 2.75) is 31.3 Å². The summed E-state index contributed by atoms with van der Waals surface area (Å²) in [5.74, 6) is 1.73. The highest BCUT2D eigenvalue weighted by molar-refractivity contribution is 5.83. The summed E-state index contributed by atoms with van der Waals surface area (Å²) in [5, 5.41) is 0. The first-order valence-corrected chi connectivity index (χ1v) is 8.26. The Morgan fingerprint density at radius 3 is 2.87 bits per heavy atom. The van der Waals surface area contributed by atoms with Crippen molar-refractivity contribution in [1.82, 2.24) is 21.3 Å². The topological polar surface area (TPSA) is 74.9 Å². The van der Waals surface area contributed by atoms with Gasteiger partial charge in [0.05, 0.1) is 19.3 Å². The molecule has 1 aromatic rings. The van der Waals surface area contributed by atoms with Crippen LogP contribution in [0, 0.1) is 0 Å². The molecule has 2 fully saturated rings. The first kappa shape index (κ1) is 14.7. The van der Waals surface area contributed by atoms with Crippen LogP contribution in [-0.2, 0) is 4.79 Å². The maximum Gasteiger partial charge on any atom is 0.243 e. The third kappa shape index (κ3) is 2.87. The van der Waals surface area contributed by atoms with Crippen molar-refractivity contribution >= 4 is 5.91 Å². The Morgan fingerprint density at radius 2 is 2.04 bits per heavy atom. The molecule has 0 aromatic heterocycles. The van der Waals surface area contributed by atoms with E-state index in [9.17, 15) is 4.79 Å². The van der Waals surface area contributed by atoms with Gasteiger partial charge in [0, 0.05) is 19.5 Å². The molecule has 3 heterocycles. The van der Waals surface area contributed by atoms with Crippen LogP contribution in [0.1, 0.15) is 30.9 Å². The van der Waals surface area contributed by atoms with Crippen LogP contribution in [0.15, 0.2) is 18.2 Å². The van der Waals surface area contributed by atoms with E-state index >= 15 is 0 Å². The van der Waals surface area contributed by atoms with E-state index in [1.54, 1.807) is 0 Å². The summed E-state index contributed by atoms with van der Waals surface area (Å²) in [6, 6.07) is 5.96. The van der Waals surface area contributed by atoms with Crippen molar-refractivity contribution < 1.29 is 14.3 Å². The standard InChI is InChI=1S/C16H22N4O3/c21-16(12-10-17-19-18-12)20-6-1-3-13(20)11-4-5-14-15(9-11)23-8-2-7-22-14/h4-5,9,12-13,17-19H,1-3,6-8,10H2. The second-order valence-electron chi connectivity index (χ2n) is 6.15. The maximum absolute atomic E-state index is 12.7. The molecular weight excluding hydrogens is 296 g/mol. The highest BCUT2D eigenvalue weighted by Gasteiger charge is 2.35. The molecule has 0 radical (unpaired) electrons. The maximum atomic E-state index is 12.7. The van der Waals surface area contributed by atoms with Crippen LogP contribution in [0.5, 0.6) is 11.5 Å². The number of fused-ring (bicyclic) bond motifs is 1. The van der Waals surface area contributed by atoms with Crippen LogP contribution < -0.4 is 25.9 Å². The van der Waals surface area contributed by atoms with Gasteiger partial charge in [-0.1, -0.05) is 6.07 Å². The number of hydrazine groups is 2. The molecule has 0 saturated carbocycles. The molecule has 23 heavy (non-hydrogen) atoms. The van der Waals surface area contributed by atoms with Gasteiger partial charge in [0.15, 0.2) is 11.5 Å². The minimum atomic E-state index is -0.212. The van der Waals surface area contributed by atoms with Crippen molar-refractivity contribution in [3.63, 3.8) is 0 Å². The van der Waals surface area contributed by atoms with Gasteiger partial charge in [-0.2, -0.15) is 5.53 Å². The van der Waals surface area contributed by atoms with Crippen LogP contribution in [0.3, 0.4) is 0 Å². The van der Waals surface area contributed by atoms with E-state index in [-0.39, 0.29) is 18.0 Å². The molecule has 0 spiro atoms. The van der Waals surface area contributed by atoms with Gasteiger partial charge >= 0.3 is 0 Å². The minimum Gasteiger partial charge on any atom is -0.490 e. The van der Waals surface area contributed by atoms with Gasteiger partial charge in [0.1, 0.15) is 6.04 Å². The highest BCUT2D eigenvalue weighted by Crippen LogP contribution is 2.38. The summed E-state index contributed by atoms with van der Waals surface area (Å²) < 4.78 is 11.5. The van der Waals surface area contributed by atoms with E-state index in [0.29, 0.717) is 19.8 Å². The van der Waals surface area contributed by atoms with Crippen LogP contribution >= 0.6 is 0 Å². The van der Waals surface area contributed by atoms with Crippen LogP contribution in [-0.4, -0.2) is 43.2 Å². The normalized spacial score (nSPS) is 27.0. The zero-order valence-corrected chi connectivity index (χ0v) is 13.0. The molecule has 3 aliphatic rings. The lowest BCUT2D eigenvalue weighted by Crippen LogP contribution is -2.46. The zero-order chi connectivity index (χ0) is 15.6. The molecule has 3 N–H and O–H groups in total. The predicted octanol–water partition coefficient (Wildman–Crippen LogP) is 0.492. The first-order valence-electron chi connectivity index (χ1n) is 8.26. The van der Waals surface area contributed by atoms with Crippen LogP contribution in [0.25, 0.3) is 0 Å². The van der Waals surface area contributed by atoms with Crippen molar-refractivity contribution in [2.24, 2.45) is 0 Å². The number of hydrogen-bond donors (Lipinski definition) is 3. The fourth-order valence-corrected chi connectivity index (χ4v) is 3.46. The van der Waals surface area contributed by atoms with Gasteiger partial charge in [-0.15, -0.1) is 0 Å². The SMILES string of the molecule is O=C(C1CNNN1)N1CCCC1c1ccc2c(c1)OCCCO2. The lowest BCUT2D eigenvalue weighted by atomic mass is 10.0. The molecule has 1 aromatic carbocycles. The van der Waals surface area contributed by atoms with Gasteiger partial charge in [-0.25, -0.2) is 10.9 Å². The van der Waals surface area contributed by atoms with Gasteiger partial charge in [-0.3, -0.25) is 4.79 Å². The number of nitrogens with one attached hydrogen (secondary N) is 3. The van der Waals surface area contributed by atoms with E-state index in [2.05, 4.69) is 22.5 Å². The average molecular weight is 318 g/mol. The second kappa shape index (κ2) is 6.35. The molecule has 124 valence electrons. The quantitative estimate of drug-likeness (QED) is 0.737. The van der Waals surface area contributed by atoms with Crippen LogP contribution in [0.4, 0.5) is 0 Å². The summed E-state index contributed by atoms with van der Waals surface area (Å²) in [6.45, 7) is 2.76. The van der Waals surface area contributed by atoms with Gasteiger partial charge in [0.2, 0.25) is 5.91 Å². The molecule has 2 saturated heterocycles. The van der Waals surface area contributed by atoms with Crippen molar-refractivity contribution in [3.05, 3.63) is 23.8 Å². The Kier molecular flexibility index (Phi) is 4.07. The summed E-state index contributed by atoms with van der Waals surface area (Å²) in [6.07, 6.45) is 2.91. The third-order valence-corrected chi connectivity index (χ3v) is 4.63. The number of benzene rings is 1. The summed E-state index contributed by atoms with van der Waals surface area (Å²) in [4.78, 5) is 14.7. The lowest BCUT2D eigenvalue weighted by Gasteiger charge is -2.27. The lowest BCUT2D eigenvalue weighted by molar-refractivity contribution is -0.133. The van der Waals surface area contributed by atoms with E-state index in [1.807, 2.05) is 17.0 Å². The number of carbonyl (C=O) groups excluding carboxylic acids is 1. The van der Waals surface area contributed by atoms with Gasteiger partial charge in [-0.05, 0) is 30.5 Å². The molecule has 0 bridgehead atoms. The minimum absolute atomic E-state index is 0.113. The number of carbonyl (C=O) groups is 1. The van der Waals surface area contributed by atoms with Crippen LogP contribution in [0.2, 0.25) is 0 Å². The number of amides is 1. The Bertz CT molecular complexity index is 589. The monoisotopic (exact) mass is 318 g/mol. The average Bonchev–Trinajstić information content (AvgIpc) is 3.22. The third-order valence-electron chi connectivity index (χ3n) is 4.63. The number of rotatable bonds is 2. The number of hydrogen-bond acceptors (Lipinski definition) is 6. The van der Waals surface area contributed by atoms with Gasteiger partial charge < -0.3 is 14.4 Å². The van der Waals surface area contributed by atoms with E-state index < -0.39 is 0 Å². The first-order chi connectivity index (χ1) is 11.3. The molecular formula is C16H22N4O3. The van der Waals surface area contributed by atoms with Crippen molar-refractivity contribution in [2.75, 3.05) is 26.3 Å². The Labute approximate surface area is 135 Å². The van der Waals surface area contributed by atoms with E-state index in [4.69, 9.17) is 9.47 Å². The Balaban J connectivity index is 1.56. The summed E-state index contributed by atoms with van der Waals surface area (Å²) in [7, 11) is 0. The fourth-order valence-electron chi connectivity index (χ4n) is 3.46. The molecule has 1 amide bonds. The molecule has 4 rings (SSSR count).